The molecule has 2 aromatic rings. The number of aromatic nitrogens is 1. The first-order valence-electron chi connectivity index (χ1n) is 9.92. The zero-order valence-electron chi connectivity index (χ0n) is 16.6. The van der Waals surface area contributed by atoms with Gasteiger partial charge in [0.1, 0.15) is 17.6 Å². The second-order valence-corrected chi connectivity index (χ2v) is 8.29. The molecule has 29 heavy (non-hydrogen) atoms. The van der Waals surface area contributed by atoms with Crippen LogP contribution in [0.1, 0.15) is 73.5 Å². The van der Waals surface area contributed by atoms with Crippen LogP contribution in [0.2, 0.25) is 5.02 Å². The van der Waals surface area contributed by atoms with Gasteiger partial charge in [-0.15, -0.1) is 0 Å². The Hall–Kier alpha value is -2.45. The molecular formula is C23H24ClFN2O2. The largest absolute Gasteiger partial charge is 0.490 e. The van der Waals surface area contributed by atoms with Crippen LogP contribution in [-0.2, 0) is 0 Å². The number of hydrogen-bond donors (Lipinski definition) is 0. The van der Waals surface area contributed by atoms with Crippen LogP contribution in [-0.4, -0.2) is 16.9 Å². The van der Waals surface area contributed by atoms with E-state index in [1.54, 1.807) is 18.2 Å². The number of halogens is 2. The third-order valence-electron chi connectivity index (χ3n) is 5.40. The van der Waals surface area contributed by atoms with Gasteiger partial charge in [0.05, 0.1) is 22.3 Å². The van der Waals surface area contributed by atoms with Gasteiger partial charge in [-0.2, -0.15) is 5.26 Å². The third-order valence-corrected chi connectivity index (χ3v) is 5.71. The standard InChI is InChI=1S/C23H24ClFN2O2/c1-14(2)22-11-21(25)19(13-27-22)23(28)9-15-3-6-17(7-4-15)29-18-8-5-16(12-26)20(24)10-18/h5,8,10-11,13-15,17H,3-4,6-7,9H2,1-2H3. The maximum Gasteiger partial charge on any atom is 0.167 e. The van der Waals surface area contributed by atoms with Gasteiger partial charge < -0.3 is 4.74 Å². The summed E-state index contributed by atoms with van der Waals surface area (Å²) in [4.78, 5) is 16.8. The Balaban J connectivity index is 1.53. The van der Waals surface area contributed by atoms with E-state index in [-0.39, 0.29) is 29.3 Å². The Kier molecular flexibility index (Phi) is 6.87. The number of nitriles is 1. The van der Waals surface area contributed by atoms with Gasteiger partial charge in [0.2, 0.25) is 0 Å². The van der Waals surface area contributed by atoms with Gasteiger partial charge in [0, 0.05) is 24.4 Å². The second-order valence-electron chi connectivity index (χ2n) is 7.89. The number of hydrogen-bond acceptors (Lipinski definition) is 4. The summed E-state index contributed by atoms with van der Waals surface area (Å²) < 4.78 is 20.3. The summed E-state index contributed by atoms with van der Waals surface area (Å²) in [6.07, 6.45) is 5.09. The summed E-state index contributed by atoms with van der Waals surface area (Å²) in [5, 5.41) is 9.32. The van der Waals surface area contributed by atoms with Gasteiger partial charge in [0.25, 0.3) is 0 Å². The number of carbonyl (C=O) groups is 1. The summed E-state index contributed by atoms with van der Waals surface area (Å²) >= 11 is 6.05. The molecule has 1 fully saturated rings. The molecule has 1 aliphatic rings. The minimum absolute atomic E-state index is 0.0501. The third kappa shape index (κ3) is 5.33. The number of ketones is 1. The molecule has 1 aliphatic carbocycles. The second kappa shape index (κ2) is 9.37. The summed E-state index contributed by atoms with van der Waals surface area (Å²) in [6.45, 7) is 3.88. The van der Waals surface area contributed by atoms with Crippen LogP contribution in [0.3, 0.4) is 0 Å². The maximum absolute atomic E-state index is 14.3. The van der Waals surface area contributed by atoms with Crippen LogP contribution in [0.15, 0.2) is 30.5 Å². The molecule has 1 saturated carbocycles. The van der Waals surface area contributed by atoms with Crippen molar-refractivity contribution in [1.82, 2.24) is 4.98 Å². The van der Waals surface area contributed by atoms with Crippen LogP contribution in [0.4, 0.5) is 4.39 Å². The number of nitrogens with zero attached hydrogens (tertiary/aromatic N) is 2. The highest BCUT2D eigenvalue weighted by atomic mass is 35.5. The van der Waals surface area contributed by atoms with Crippen molar-refractivity contribution in [2.45, 2.75) is 58.0 Å². The van der Waals surface area contributed by atoms with E-state index in [1.807, 2.05) is 19.9 Å². The minimum atomic E-state index is -0.483. The number of ether oxygens (including phenoxy) is 1. The topological polar surface area (TPSA) is 63.0 Å². The van der Waals surface area contributed by atoms with Crippen molar-refractivity contribution in [3.8, 4) is 11.8 Å². The fourth-order valence-corrected chi connectivity index (χ4v) is 3.86. The molecule has 1 aromatic carbocycles. The zero-order chi connectivity index (χ0) is 21.0. The Bertz CT molecular complexity index is 931. The Labute approximate surface area is 175 Å². The predicted octanol–water partition coefficient (Wildman–Crippen LogP) is 6.08. The van der Waals surface area contributed by atoms with E-state index in [0.717, 1.165) is 25.7 Å². The molecular weight excluding hydrogens is 391 g/mol. The molecule has 4 nitrogen and oxygen atoms in total. The van der Waals surface area contributed by atoms with Crippen LogP contribution in [0.25, 0.3) is 0 Å². The summed E-state index contributed by atoms with van der Waals surface area (Å²) in [7, 11) is 0. The molecule has 0 spiro atoms. The normalized spacial score (nSPS) is 19.0. The van der Waals surface area contributed by atoms with Crippen molar-refractivity contribution in [1.29, 1.82) is 5.26 Å². The molecule has 6 heteroatoms. The lowest BCUT2D eigenvalue weighted by Gasteiger charge is -2.28. The predicted molar refractivity (Wildman–Crippen MR) is 110 cm³/mol. The van der Waals surface area contributed by atoms with E-state index < -0.39 is 5.82 Å². The molecule has 0 N–H and O–H groups in total. The molecule has 1 aromatic heterocycles. The molecule has 0 bridgehead atoms. The first kappa shape index (κ1) is 21.3. The molecule has 3 rings (SSSR count). The van der Waals surface area contributed by atoms with Crippen molar-refractivity contribution in [2.24, 2.45) is 5.92 Å². The van der Waals surface area contributed by atoms with Gasteiger partial charge in [0.15, 0.2) is 5.78 Å². The fraction of sp³-hybridized carbons (Fsp3) is 0.435. The number of pyridine rings is 1. The number of rotatable bonds is 6. The summed E-state index contributed by atoms with van der Waals surface area (Å²) in [5.74, 6) is 0.315. The van der Waals surface area contributed by atoms with Gasteiger partial charge in [-0.05, 0) is 55.7 Å². The first-order valence-corrected chi connectivity index (χ1v) is 10.3. The van der Waals surface area contributed by atoms with E-state index in [0.29, 0.717) is 28.5 Å². The Morgan fingerprint density at radius 1 is 1.31 bits per heavy atom. The SMILES string of the molecule is CC(C)c1cc(F)c(C(=O)CC2CCC(Oc3ccc(C#N)c(Cl)c3)CC2)cn1. The molecule has 152 valence electrons. The molecule has 1 heterocycles. The van der Waals surface area contributed by atoms with E-state index >= 15 is 0 Å². The van der Waals surface area contributed by atoms with E-state index in [9.17, 15) is 9.18 Å². The van der Waals surface area contributed by atoms with Crippen molar-refractivity contribution in [3.05, 3.63) is 58.1 Å². The van der Waals surface area contributed by atoms with Gasteiger partial charge >= 0.3 is 0 Å². The Morgan fingerprint density at radius 3 is 2.62 bits per heavy atom. The van der Waals surface area contributed by atoms with Crippen LogP contribution >= 0.6 is 11.6 Å². The molecule has 0 unspecified atom stereocenters. The summed E-state index contributed by atoms with van der Waals surface area (Å²) in [6, 6.07) is 8.45. The maximum atomic E-state index is 14.3. The van der Waals surface area contributed by atoms with Crippen LogP contribution in [0, 0.1) is 23.1 Å². The molecule has 0 atom stereocenters. The van der Waals surface area contributed by atoms with Gasteiger partial charge in [-0.3, -0.25) is 9.78 Å². The lowest BCUT2D eigenvalue weighted by molar-refractivity contribution is 0.0898. The number of Topliss-reactive ketones (excluding diaryl/α,β-unsaturated/α-hetero) is 1. The van der Waals surface area contributed by atoms with E-state index in [1.165, 1.54) is 12.3 Å². The average Bonchev–Trinajstić information content (AvgIpc) is 2.69. The highest BCUT2D eigenvalue weighted by Crippen LogP contribution is 2.32. The average molecular weight is 415 g/mol. The van der Waals surface area contributed by atoms with Crippen molar-refractivity contribution in [2.75, 3.05) is 0 Å². The Morgan fingerprint density at radius 2 is 2.03 bits per heavy atom. The first-order chi connectivity index (χ1) is 13.9. The number of carbonyl (C=O) groups excluding carboxylic acids is 1. The van der Waals surface area contributed by atoms with Gasteiger partial charge in [-0.1, -0.05) is 25.4 Å². The van der Waals surface area contributed by atoms with Crippen molar-refractivity contribution in [3.63, 3.8) is 0 Å². The van der Waals surface area contributed by atoms with Crippen molar-refractivity contribution >= 4 is 17.4 Å². The molecule has 0 radical (unpaired) electrons. The van der Waals surface area contributed by atoms with E-state index in [4.69, 9.17) is 21.6 Å². The fourth-order valence-electron chi connectivity index (χ4n) is 3.64. The highest BCUT2D eigenvalue weighted by Gasteiger charge is 2.26. The van der Waals surface area contributed by atoms with Crippen molar-refractivity contribution < 1.29 is 13.9 Å². The van der Waals surface area contributed by atoms with Crippen LogP contribution < -0.4 is 4.74 Å². The molecule has 0 amide bonds. The molecule has 0 aliphatic heterocycles. The minimum Gasteiger partial charge on any atom is -0.490 e. The highest BCUT2D eigenvalue weighted by molar-refractivity contribution is 6.31. The smallest absolute Gasteiger partial charge is 0.167 e. The van der Waals surface area contributed by atoms with E-state index in [2.05, 4.69) is 4.98 Å². The quantitative estimate of drug-likeness (QED) is 0.537. The van der Waals surface area contributed by atoms with Gasteiger partial charge in [-0.25, -0.2) is 4.39 Å². The molecule has 0 saturated heterocycles. The monoisotopic (exact) mass is 414 g/mol. The summed E-state index contributed by atoms with van der Waals surface area (Å²) in [5.41, 5.74) is 1.16. The lowest BCUT2D eigenvalue weighted by Crippen LogP contribution is -2.25. The number of benzene rings is 1. The lowest BCUT2D eigenvalue weighted by atomic mass is 9.83. The van der Waals surface area contributed by atoms with Crippen LogP contribution in [0.5, 0.6) is 5.75 Å². The zero-order valence-corrected chi connectivity index (χ0v) is 17.4.